The number of anilines is 1. The maximum atomic E-state index is 12.0. The highest BCUT2D eigenvalue weighted by molar-refractivity contribution is 5.90. The van der Waals surface area contributed by atoms with Crippen LogP contribution in [0.25, 0.3) is 5.70 Å². The zero-order chi connectivity index (χ0) is 24.3. The molecule has 0 unspecified atom stereocenters. The minimum Gasteiger partial charge on any atom is -0.494 e. The highest BCUT2D eigenvalue weighted by atomic mass is 16.6. The van der Waals surface area contributed by atoms with Gasteiger partial charge in [-0.1, -0.05) is 26.0 Å². The van der Waals surface area contributed by atoms with E-state index >= 15 is 0 Å². The van der Waals surface area contributed by atoms with Gasteiger partial charge in [0.25, 0.3) is 0 Å². The van der Waals surface area contributed by atoms with Crippen LogP contribution >= 0.6 is 0 Å². The molecule has 1 saturated heterocycles. The van der Waals surface area contributed by atoms with Gasteiger partial charge in [0, 0.05) is 35.9 Å². The van der Waals surface area contributed by atoms with E-state index in [4.69, 9.17) is 23.8 Å². The van der Waals surface area contributed by atoms with E-state index in [2.05, 4.69) is 5.48 Å². The molecule has 0 saturated carbocycles. The van der Waals surface area contributed by atoms with Crippen molar-refractivity contribution in [3.05, 3.63) is 54.3 Å². The van der Waals surface area contributed by atoms with Crippen molar-refractivity contribution >= 4 is 23.4 Å². The molecule has 1 heterocycles. The van der Waals surface area contributed by atoms with Crippen LogP contribution in [0.3, 0.4) is 0 Å². The van der Waals surface area contributed by atoms with E-state index in [1.165, 1.54) is 6.26 Å². The number of ether oxygens (including phenoxy) is 4. The van der Waals surface area contributed by atoms with Crippen molar-refractivity contribution in [3.8, 4) is 17.2 Å². The molecule has 2 aromatic carbocycles. The van der Waals surface area contributed by atoms with E-state index in [9.17, 15) is 9.59 Å². The molecule has 0 atom stereocenters. The standard InChI is InChI=1S/C25H30N2O7/c1-4-11-33-26-23(18-8-7-9-19(13-18)27-10-12-31-25(27)29)17-32-21-14-20(30-6-3)15-22(16-21)34-24(28)5-2/h7-9,13-17,26H,4-6,10-12H2,1-3H3. The summed E-state index contributed by atoms with van der Waals surface area (Å²) in [5.74, 6) is 0.896. The highest BCUT2D eigenvalue weighted by Gasteiger charge is 2.23. The fourth-order valence-electron chi connectivity index (χ4n) is 3.10. The minimum absolute atomic E-state index is 0.249. The van der Waals surface area contributed by atoms with Crippen LogP contribution in [0, 0.1) is 0 Å². The van der Waals surface area contributed by atoms with E-state index in [0.29, 0.717) is 55.0 Å². The predicted octanol–water partition coefficient (Wildman–Crippen LogP) is 4.67. The van der Waals surface area contributed by atoms with Gasteiger partial charge in [0.2, 0.25) is 0 Å². The lowest BCUT2D eigenvalue weighted by molar-refractivity contribution is -0.134. The minimum atomic E-state index is -0.379. The molecule has 2 aromatic rings. The molecule has 0 spiro atoms. The van der Waals surface area contributed by atoms with E-state index < -0.39 is 0 Å². The van der Waals surface area contributed by atoms with Crippen LogP contribution in [0.5, 0.6) is 17.2 Å². The van der Waals surface area contributed by atoms with Crippen molar-refractivity contribution in [3.63, 3.8) is 0 Å². The lowest BCUT2D eigenvalue weighted by atomic mass is 10.1. The third kappa shape index (κ3) is 6.89. The number of benzene rings is 2. The Morgan fingerprint density at radius 3 is 2.62 bits per heavy atom. The van der Waals surface area contributed by atoms with Crippen LogP contribution in [-0.2, 0) is 14.4 Å². The summed E-state index contributed by atoms with van der Waals surface area (Å²) >= 11 is 0. The molecule has 9 heteroatoms. The average molecular weight is 471 g/mol. The molecule has 1 aliphatic heterocycles. The van der Waals surface area contributed by atoms with Crippen LogP contribution < -0.4 is 24.6 Å². The van der Waals surface area contributed by atoms with Crippen molar-refractivity contribution in [2.75, 3.05) is 31.3 Å². The average Bonchev–Trinajstić information content (AvgIpc) is 3.27. The first kappa shape index (κ1) is 24.9. The largest absolute Gasteiger partial charge is 0.494 e. The summed E-state index contributed by atoms with van der Waals surface area (Å²) < 4.78 is 21.9. The van der Waals surface area contributed by atoms with Crippen molar-refractivity contribution < 1.29 is 33.4 Å². The van der Waals surface area contributed by atoms with Gasteiger partial charge < -0.3 is 18.9 Å². The van der Waals surface area contributed by atoms with Crippen molar-refractivity contribution in [1.29, 1.82) is 0 Å². The number of hydrogen-bond acceptors (Lipinski definition) is 8. The summed E-state index contributed by atoms with van der Waals surface area (Å²) in [7, 11) is 0. The monoisotopic (exact) mass is 470 g/mol. The van der Waals surface area contributed by atoms with E-state index in [1.807, 2.05) is 38.1 Å². The predicted molar refractivity (Wildman–Crippen MR) is 127 cm³/mol. The number of hydrogen-bond donors (Lipinski definition) is 1. The Labute approximate surface area is 199 Å². The smallest absolute Gasteiger partial charge is 0.414 e. The first-order chi connectivity index (χ1) is 16.5. The maximum absolute atomic E-state index is 12.0. The molecule has 182 valence electrons. The number of amides is 1. The topological polar surface area (TPSA) is 95.6 Å². The molecule has 3 rings (SSSR count). The lowest BCUT2D eigenvalue weighted by Gasteiger charge is -2.16. The van der Waals surface area contributed by atoms with Gasteiger partial charge in [0.1, 0.15) is 35.8 Å². The van der Waals surface area contributed by atoms with E-state index in [-0.39, 0.29) is 18.5 Å². The van der Waals surface area contributed by atoms with Crippen LogP contribution in [0.15, 0.2) is 48.7 Å². The third-order valence-electron chi connectivity index (χ3n) is 4.72. The second-order valence-corrected chi connectivity index (χ2v) is 7.32. The molecule has 0 aliphatic carbocycles. The zero-order valence-corrected chi connectivity index (χ0v) is 19.7. The molecule has 9 nitrogen and oxygen atoms in total. The molecular formula is C25H30N2O7. The third-order valence-corrected chi connectivity index (χ3v) is 4.72. The van der Waals surface area contributed by atoms with Gasteiger partial charge in [-0.25, -0.2) is 4.79 Å². The van der Waals surface area contributed by atoms with Crippen LogP contribution in [0.1, 0.15) is 39.2 Å². The van der Waals surface area contributed by atoms with Crippen LogP contribution in [-0.4, -0.2) is 38.4 Å². The number of carbonyl (C=O) groups is 2. The van der Waals surface area contributed by atoms with Gasteiger partial charge in [0.05, 0.1) is 19.8 Å². The van der Waals surface area contributed by atoms with Crippen LogP contribution in [0.4, 0.5) is 10.5 Å². The Kier molecular flexibility index (Phi) is 9.16. The Morgan fingerprint density at radius 1 is 1.12 bits per heavy atom. The SMILES string of the molecule is CCCONC(=COc1cc(OCC)cc(OC(=O)CC)c1)c1cccc(N2CCOC2=O)c1. The van der Waals surface area contributed by atoms with Crippen molar-refractivity contribution in [2.45, 2.75) is 33.6 Å². The summed E-state index contributed by atoms with van der Waals surface area (Å²) in [5.41, 5.74) is 4.90. The number of carbonyl (C=O) groups excluding carboxylic acids is 2. The molecule has 0 radical (unpaired) electrons. The number of hydroxylamine groups is 1. The first-order valence-electron chi connectivity index (χ1n) is 11.3. The van der Waals surface area contributed by atoms with Gasteiger partial charge in [-0.2, -0.15) is 0 Å². The summed E-state index contributed by atoms with van der Waals surface area (Å²) in [6.45, 7) is 7.37. The van der Waals surface area contributed by atoms with Gasteiger partial charge in [-0.15, -0.1) is 0 Å². The normalized spacial score (nSPS) is 13.4. The van der Waals surface area contributed by atoms with Crippen molar-refractivity contribution in [1.82, 2.24) is 5.48 Å². The Hall–Kier alpha value is -3.72. The van der Waals surface area contributed by atoms with Crippen molar-refractivity contribution in [2.24, 2.45) is 0 Å². The fraction of sp³-hybridized carbons (Fsp3) is 0.360. The Morgan fingerprint density at radius 2 is 1.91 bits per heavy atom. The van der Waals surface area contributed by atoms with Gasteiger partial charge in [-0.05, 0) is 25.5 Å². The van der Waals surface area contributed by atoms with E-state index in [0.717, 1.165) is 12.0 Å². The zero-order valence-electron chi connectivity index (χ0n) is 19.7. The summed E-state index contributed by atoms with van der Waals surface area (Å²) in [5, 5.41) is 0. The second kappa shape index (κ2) is 12.5. The van der Waals surface area contributed by atoms with Gasteiger partial charge >= 0.3 is 12.1 Å². The lowest BCUT2D eigenvalue weighted by Crippen LogP contribution is -2.23. The summed E-state index contributed by atoms with van der Waals surface area (Å²) in [6.07, 6.45) is 2.19. The number of nitrogens with one attached hydrogen (secondary N) is 1. The molecule has 1 amide bonds. The van der Waals surface area contributed by atoms with Crippen LogP contribution in [0.2, 0.25) is 0 Å². The highest BCUT2D eigenvalue weighted by Crippen LogP contribution is 2.29. The number of rotatable bonds is 12. The molecule has 0 bridgehead atoms. The molecule has 1 N–H and O–H groups in total. The molecule has 1 aliphatic rings. The van der Waals surface area contributed by atoms with Gasteiger partial charge in [-0.3, -0.25) is 20.0 Å². The molecule has 1 fully saturated rings. The molecular weight excluding hydrogens is 440 g/mol. The quantitative estimate of drug-likeness (QED) is 0.157. The van der Waals surface area contributed by atoms with Gasteiger partial charge in [0.15, 0.2) is 0 Å². The Bertz CT molecular complexity index is 1020. The fourth-order valence-corrected chi connectivity index (χ4v) is 3.10. The molecule has 34 heavy (non-hydrogen) atoms. The van der Waals surface area contributed by atoms with E-state index in [1.54, 1.807) is 30.0 Å². The molecule has 0 aromatic heterocycles. The maximum Gasteiger partial charge on any atom is 0.414 e. The Balaban J connectivity index is 1.88. The summed E-state index contributed by atoms with van der Waals surface area (Å²) in [4.78, 5) is 30.8. The second-order valence-electron chi connectivity index (χ2n) is 7.32. The number of cyclic esters (lactones) is 1. The summed E-state index contributed by atoms with van der Waals surface area (Å²) in [6, 6.07) is 12.3. The number of esters is 1. The number of nitrogens with zero attached hydrogens (tertiary/aromatic N) is 1. The first-order valence-corrected chi connectivity index (χ1v) is 11.3.